The van der Waals surface area contributed by atoms with Crippen LogP contribution in [-0.2, 0) is 10.0 Å². The van der Waals surface area contributed by atoms with Gasteiger partial charge in [-0.1, -0.05) is 18.2 Å². The van der Waals surface area contributed by atoms with Gasteiger partial charge in [-0.05, 0) is 23.6 Å². The number of nitrogens with zero attached hydrogens (tertiary/aromatic N) is 1. The highest BCUT2D eigenvalue weighted by atomic mass is 32.2. The van der Waals surface area contributed by atoms with E-state index in [1.807, 2.05) is 10.8 Å². The van der Waals surface area contributed by atoms with Crippen molar-refractivity contribution in [1.29, 1.82) is 0 Å². The van der Waals surface area contributed by atoms with E-state index in [2.05, 4.69) is 0 Å². The molecule has 0 saturated carbocycles. The molecule has 1 aromatic carbocycles. The Hall–Kier alpha value is -1.86. The Balaban J connectivity index is 2.14. The fraction of sp³-hybridized carbons (Fsp3) is 0.0833. The number of carbonyl (C=O) groups excluding carboxylic acids is 1. The van der Waals surface area contributed by atoms with E-state index in [-0.39, 0.29) is 4.90 Å². The molecule has 0 fully saturated rings. The number of amides is 2. The lowest BCUT2D eigenvalue weighted by Crippen LogP contribution is -2.40. The van der Waals surface area contributed by atoms with Crippen molar-refractivity contribution in [3.05, 3.63) is 47.2 Å². The van der Waals surface area contributed by atoms with Gasteiger partial charge in [-0.25, -0.2) is 17.9 Å². The predicted octanol–water partition coefficient (Wildman–Crippen LogP) is 2.28. The number of sulfonamides is 1. The van der Waals surface area contributed by atoms with Gasteiger partial charge >= 0.3 is 6.03 Å². The van der Waals surface area contributed by atoms with Crippen molar-refractivity contribution in [3.63, 3.8) is 0 Å². The van der Waals surface area contributed by atoms with E-state index in [1.54, 1.807) is 29.6 Å². The minimum absolute atomic E-state index is 0.0901. The zero-order chi connectivity index (χ0) is 13.9. The second kappa shape index (κ2) is 5.41. The average Bonchev–Trinajstić information content (AvgIpc) is 2.93. The summed E-state index contributed by atoms with van der Waals surface area (Å²) >= 11 is 1.25. The molecule has 2 aromatic rings. The van der Waals surface area contributed by atoms with Gasteiger partial charge in [0.15, 0.2) is 0 Å². The summed E-state index contributed by atoms with van der Waals surface area (Å²) in [6.45, 7) is 0. The van der Waals surface area contributed by atoms with Crippen LogP contribution in [0.5, 0.6) is 0 Å². The van der Waals surface area contributed by atoms with Crippen molar-refractivity contribution >= 4 is 33.1 Å². The van der Waals surface area contributed by atoms with Gasteiger partial charge in [0, 0.05) is 18.1 Å². The molecule has 19 heavy (non-hydrogen) atoms. The van der Waals surface area contributed by atoms with Gasteiger partial charge in [-0.3, -0.25) is 4.90 Å². The number of nitrogens with one attached hydrogen (secondary N) is 1. The molecule has 0 spiro atoms. The molecule has 1 heterocycles. The molecule has 0 aliphatic carbocycles. The third-order valence-corrected chi connectivity index (χ3v) is 4.63. The second-order valence-corrected chi connectivity index (χ2v) is 6.23. The normalized spacial score (nSPS) is 11.0. The van der Waals surface area contributed by atoms with Crippen molar-refractivity contribution in [2.75, 3.05) is 11.9 Å². The summed E-state index contributed by atoms with van der Waals surface area (Å²) in [6.07, 6.45) is 0. The molecule has 0 saturated heterocycles. The SMILES string of the molecule is CN(C(=O)NS(=O)(=O)c1ccsc1)c1ccccc1. The molecule has 1 aromatic heterocycles. The number of hydrogen-bond acceptors (Lipinski definition) is 4. The maximum atomic E-state index is 11.9. The number of carbonyl (C=O) groups is 1. The summed E-state index contributed by atoms with van der Waals surface area (Å²) < 4.78 is 25.8. The molecule has 7 heteroatoms. The average molecular weight is 296 g/mol. The number of para-hydroxylation sites is 1. The minimum atomic E-state index is -3.80. The van der Waals surface area contributed by atoms with E-state index in [4.69, 9.17) is 0 Å². The summed E-state index contributed by atoms with van der Waals surface area (Å²) in [5, 5.41) is 3.11. The van der Waals surface area contributed by atoms with Crippen molar-refractivity contribution in [2.24, 2.45) is 0 Å². The summed E-state index contributed by atoms with van der Waals surface area (Å²) in [5.41, 5.74) is 0.612. The van der Waals surface area contributed by atoms with Gasteiger partial charge in [0.2, 0.25) is 0 Å². The third-order valence-electron chi connectivity index (χ3n) is 2.48. The Morgan fingerprint density at radius 1 is 1.21 bits per heavy atom. The molecule has 0 bridgehead atoms. The van der Waals surface area contributed by atoms with Crippen LogP contribution in [0.25, 0.3) is 0 Å². The molecule has 0 aliphatic rings. The van der Waals surface area contributed by atoms with Crippen LogP contribution in [0.2, 0.25) is 0 Å². The monoisotopic (exact) mass is 296 g/mol. The first-order chi connectivity index (χ1) is 9.00. The van der Waals surface area contributed by atoms with Crippen LogP contribution in [-0.4, -0.2) is 21.5 Å². The fourth-order valence-electron chi connectivity index (χ4n) is 1.42. The zero-order valence-electron chi connectivity index (χ0n) is 10.1. The van der Waals surface area contributed by atoms with E-state index in [9.17, 15) is 13.2 Å². The molecular weight excluding hydrogens is 284 g/mol. The maximum absolute atomic E-state index is 11.9. The Labute approximate surface area is 115 Å². The van der Waals surface area contributed by atoms with Crippen molar-refractivity contribution in [1.82, 2.24) is 4.72 Å². The smallest absolute Gasteiger partial charge is 0.297 e. The van der Waals surface area contributed by atoms with Crippen molar-refractivity contribution in [3.8, 4) is 0 Å². The van der Waals surface area contributed by atoms with E-state index in [0.717, 1.165) is 0 Å². The van der Waals surface area contributed by atoms with E-state index >= 15 is 0 Å². The minimum Gasteiger partial charge on any atom is -0.297 e. The highest BCUT2D eigenvalue weighted by molar-refractivity contribution is 7.90. The molecule has 2 rings (SSSR count). The molecule has 0 aliphatic heterocycles. The van der Waals surface area contributed by atoms with Crippen molar-refractivity contribution in [2.45, 2.75) is 4.90 Å². The first kappa shape index (κ1) is 13.6. The van der Waals surface area contributed by atoms with Gasteiger partial charge in [0.05, 0.1) is 4.90 Å². The maximum Gasteiger partial charge on any atom is 0.335 e. The van der Waals surface area contributed by atoms with Crippen molar-refractivity contribution < 1.29 is 13.2 Å². The topological polar surface area (TPSA) is 66.5 Å². The number of urea groups is 1. The summed E-state index contributed by atoms with van der Waals surface area (Å²) in [4.78, 5) is 13.2. The number of anilines is 1. The lowest BCUT2D eigenvalue weighted by molar-refractivity contribution is 0.252. The summed E-state index contributed by atoms with van der Waals surface area (Å²) in [5.74, 6) is 0. The fourth-order valence-corrected chi connectivity index (χ4v) is 3.42. The van der Waals surface area contributed by atoms with Crippen LogP contribution in [0.4, 0.5) is 10.5 Å². The first-order valence-electron chi connectivity index (χ1n) is 5.38. The lowest BCUT2D eigenvalue weighted by atomic mass is 10.3. The van der Waals surface area contributed by atoms with Crippen LogP contribution in [0.3, 0.4) is 0 Å². The van der Waals surface area contributed by atoms with Crippen LogP contribution >= 0.6 is 11.3 Å². The molecule has 0 radical (unpaired) electrons. The number of rotatable bonds is 3. The number of benzene rings is 1. The Morgan fingerprint density at radius 2 is 1.89 bits per heavy atom. The van der Waals surface area contributed by atoms with Crippen LogP contribution in [0.1, 0.15) is 0 Å². The number of thiophene rings is 1. The quantitative estimate of drug-likeness (QED) is 0.945. The van der Waals surface area contributed by atoms with Crippen LogP contribution < -0.4 is 9.62 Å². The Kier molecular flexibility index (Phi) is 3.87. The van der Waals surface area contributed by atoms with E-state index in [0.29, 0.717) is 5.69 Å². The zero-order valence-corrected chi connectivity index (χ0v) is 11.7. The largest absolute Gasteiger partial charge is 0.335 e. The van der Waals surface area contributed by atoms with Gasteiger partial charge in [0.1, 0.15) is 0 Å². The summed E-state index contributed by atoms with van der Waals surface area (Å²) in [6, 6.07) is 9.55. The molecule has 1 N–H and O–H groups in total. The highest BCUT2D eigenvalue weighted by Crippen LogP contribution is 2.15. The molecule has 5 nitrogen and oxygen atoms in total. The third kappa shape index (κ3) is 3.12. The molecule has 100 valence electrons. The standard InChI is InChI=1S/C12H12N2O3S2/c1-14(10-5-3-2-4-6-10)12(15)13-19(16,17)11-7-8-18-9-11/h2-9H,1H3,(H,13,15). The Morgan fingerprint density at radius 3 is 2.47 bits per heavy atom. The molecular formula is C12H12N2O3S2. The first-order valence-corrected chi connectivity index (χ1v) is 7.81. The lowest BCUT2D eigenvalue weighted by Gasteiger charge is -2.17. The second-order valence-electron chi connectivity index (χ2n) is 3.76. The van der Waals surface area contributed by atoms with Gasteiger partial charge in [-0.15, -0.1) is 0 Å². The summed E-state index contributed by atoms with van der Waals surface area (Å²) in [7, 11) is -2.29. The molecule has 0 unspecified atom stereocenters. The van der Waals surface area contributed by atoms with E-state index in [1.165, 1.54) is 34.7 Å². The molecule has 0 atom stereocenters. The number of hydrogen-bond donors (Lipinski definition) is 1. The van der Waals surface area contributed by atoms with E-state index < -0.39 is 16.1 Å². The van der Waals surface area contributed by atoms with Crippen LogP contribution in [0.15, 0.2) is 52.1 Å². The van der Waals surface area contributed by atoms with Crippen LogP contribution in [0, 0.1) is 0 Å². The molecule has 2 amide bonds. The van der Waals surface area contributed by atoms with Gasteiger partial charge in [-0.2, -0.15) is 11.3 Å². The Bertz CT molecular complexity index is 652. The van der Waals surface area contributed by atoms with Gasteiger partial charge < -0.3 is 0 Å². The highest BCUT2D eigenvalue weighted by Gasteiger charge is 2.20. The van der Waals surface area contributed by atoms with Gasteiger partial charge in [0.25, 0.3) is 10.0 Å². The predicted molar refractivity (Wildman–Crippen MR) is 74.9 cm³/mol.